The van der Waals surface area contributed by atoms with E-state index in [0.717, 1.165) is 5.56 Å². The van der Waals surface area contributed by atoms with E-state index in [4.69, 9.17) is 10.5 Å². The summed E-state index contributed by atoms with van der Waals surface area (Å²) < 4.78 is 0. The summed E-state index contributed by atoms with van der Waals surface area (Å²) in [6.45, 7) is 3.90. The maximum Gasteiger partial charge on any atom is 0.0991 e. The summed E-state index contributed by atoms with van der Waals surface area (Å²) in [6.07, 6.45) is 0. The summed E-state index contributed by atoms with van der Waals surface area (Å²) >= 11 is 0. The third kappa shape index (κ3) is 2.11. The van der Waals surface area contributed by atoms with Gasteiger partial charge in [-0.1, -0.05) is 31.1 Å². The molecule has 0 heterocycles. The lowest BCUT2D eigenvalue weighted by molar-refractivity contribution is 0.316. The minimum absolute atomic E-state index is 0.160. The van der Waals surface area contributed by atoms with Crippen LogP contribution < -0.4 is 0 Å². The van der Waals surface area contributed by atoms with Crippen molar-refractivity contribution in [3.63, 3.8) is 0 Å². The molecule has 0 radical (unpaired) electrons. The first-order valence-electron chi connectivity index (χ1n) is 4.41. The lowest BCUT2D eigenvalue weighted by atomic mass is 9.99. The molecule has 0 unspecified atom stereocenters. The van der Waals surface area contributed by atoms with Crippen molar-refractivity contribution in [1.29, 1.82) is 5.26 Å². The summed E-state index contributed by atoms with van der Waals surface area (Å²) in [7, 11) is 0. The Kier molecular flexibility index (Phi) is 3.24. The molecule has 0 saturated carbocycles. The average Bonchev–Trinajstić information content (AvgIpc) is 2.19. The highest BCUT2D eigenvalue weighted by Crippen LogP contribution is 2.10. The van der Waals surface area contributed by atoms with E-state index in [9.17, 15) is 0 Å². The van der Waals surface area contributed by atoms with E-state index in [0.29, 0.717) is 11.3 Å². The molecule has 1 rings (SSSR count). The van der Waals surface area contributed by atoms with Gasteiger partial charge in [-0.05, 0) is 23.6 Å². The molecule has 3 heteroatoms. The Morgan fingerprint density at radius 2 is 1.93 bits per heavy atom. The van der Waals surface area contributed by atoms with Gasteiger partial charge < -0.3 is 5.21 Å². The van der Waals surface area contributed by atoms with Crippen molar-refractivity contribution in [2.75, 3.05) is 0 Å². The van der Waals surface area contributed by atoms with Gasteiger partial charge in [0, 0.05) is 0 Å². The lowest BCUT2D eigenvalue weighted by Gasteiger charge is -2.07. The minimum atomic E-state index is 0.160. The van der Waals surface area contributed by atoms with Gasteiger partial charge in [0.25, 0.3) is 0 Å². The maximum atomic E-state index is 8.80. The van der Waals surface area contributed by atoms with Crippen molar-refractivity contribution >= 4 is 5.71 Å². The molecule has 0 atom stereocenters. The lowest BCUT2D eigenvalue weighted by Crippen LogP contribution is -2.09. The van der Waals surface area contributed by atoms with E-state index in [1.807, 2.05) is 19.9 Å². The first kappa shape index (κ1) is 10.3. The SMILES string of the molecule is CC(C)C(=NO)c1ccc(C#N)cc1. The zero-order valence-corrected chi connectivity index (χ0v) is 8.23. The summed E-state index contributed by atoms with van der Waals surface area (Å²) in [5, 5.41) is 20.7. The maximum absolute atomic E-state index is 8.80. The van der Waals surface area contributed by atoms with Gasteiger partial charge in [0.15, 0.2) is 0 Å². The number of oxime groups is 1. The van der Waals surface area contributed by atoms with Crippen LogP contribution in [0.4, 0.5) is 0 Å². The molecule has 0 aromatic heterocycles. The van der Waals surface area contributed by atoms with E-state index in [2.05, 4.69) is 5.16 Å². The number of benzene rings is 1. The highest BCUT2D eigenvalue weighted by Gasteiger charge is 2.08. The van der Waals surface area contributed by atoms with Crippen LogP contribution in [-0.4, -0.2) is 10.9 Å². The van der Waals surface area contributed by atoms with Crippen LogP contribution in [0.15, 0.2) is 29.4 Å². The van der Waals surface area contributed by atoms with Crippen LogP contribution in [-0.2, 0) is 0 Å². The quantitative estimate of drug-likeness (QED) is 0.440. The van der Waals surface area contributed by atoms with E-state index in [1.54, 1.807) is 24.3 Å². The molecule has 1 aromatic rings. The molecule has 72 valence electrons. The van der Waals surface area contributed by atoms with Gasteiger partial charge in [-0.25, -0.2) is 0 Å². The van der Waals surface area contributed by atoms with Crippen molar-refractivity contribution < 1.29 is 5.21 Å². The van der Waals surface area contributed by atoms with Crippen molar-refractivity contribution in [1.82, 2.24) is 0 Å². The van der Waals surface area contributed by atoms with Crippen molar-refractivity contribution in [3.8, 4) is 6.07 Å². The molecular weight excluding hydrogens is 176 g/mol. The third-order valence-electron chi connectivity index (χ3n) is 1.96. The Labute approximate surface area is 83.3 Å². The Balaban J connectivity index is 3.03. The molecule has 0 aliphatic heterocycles. The fourth-order valence-electron chi connectivity index (χ4n) is 1.22. The van der Waals surface area contributed by atoms with E-state index < -0.39 is 0 Å². The first-order valence-corrected chi connectivity index (χ1v) is 4.41. The van der Waals surface area contributed by atoms with Gasteiger partial charge in [-0.3, -0.25) is 0 Å². The highest BCUT2D eigenvalue weighted by molar-refractivity contribution is 6.01. The average molecular weight is 188 g/mol. The Morgan fingerprint density at radius 1 is 1.36 bits per heavy atom. The predicted molar refractivity (Wildman–Crippen MR) is 54.3 cm³/mol. The molecule has 0 amide bonds. The second-order valence-corrected chi connectivity index (χ2v) is 3.33. The normalized spacial score (nSPS) is 11.4. The van der Waals surface area contributed by atoms with Crippen molar-refractivity contribution in [2.24, 2.45) is 11.1 Å². The summed E-state index contributed by atoms with van der Waals surface area (Å²) in [5.41, 5.74) is 2.09. The van der Waals surface area contributed by atoms with E-state index in [-0.39, 0.29) is 5.92 Å². The second kappa shape index (κ2) is 4.43. The van der Waals surface area contributed by atoms with Crippen LogP contribution in [0.5, 0.6) is 0 Å². The number of nitrogens with zero attached hydrogens (tertiary/aromatic N) is 2. The molecule has 0 aliphatic carbocycles. The van der Waals surface area contributed by atoms with Gasteiger partial charge in [-0.2, -0.15) is 5.26 Å². The molecule has 0 fully saturated rings. The third-order valence-corrected chi connectivity index (χ3v) is 1.96. The molecule has 3 nitrogen and oxygen atoms in total. The molecule has 0 bridgehead atoms. The van der Waals surface area contributed by atoms with Gasteiger partial charge >= 0.3 is 0 Å². The largest absolute Gasteiger partial charge is 0.411 e. The van der Waals surface area contributed by atoms with Crippen LogP contribution in [0.2, 0.25) is 0 Å². The fourth-order valence-corrected chi connectivity index (χ4v) is 1.22. The Morgan fingerprint density at radius 3 is 2.29 bits per heavy atom. The number of rotatable bonds is 2. The molecule has 14 heavy (non-hydrogen) atoms. The van der Waals surface area contributed by atoms with Gasteiger partial charge in [0.2, 0.25) is 0 Å². The molecule has 1 aromatic carbocycles. The first-order chi connectivity index (χ1) is 6.69. The van der Waals surface area contributed by atoms with Crippen molar-refractivity contribution in [3.05, 3.63) is 35.4 Å². The standard InChI is InChI=1S/C11H12N2O/c1-8(2)11(13-14)10-5-3-9(7-12)4-6-10/h3-6,8,14H,1-2H3. The Bertz CT molecular complexity index is 371. The number of nitriles is 1. The minimum Gasteiger partial charge on any atom is -0.411 e. The molecule has 0 aliphatic rings. The molecule has 0 spiro atoms. The summed E-state index contributed by atoms with van der Waals surface area (Å²) in [5.74, 6) is 0.160. The van der Waals surface area contributed by atoms with Crippen LogP contribution in [0, 0.1) is 17.2 Å². The van der Waals surface area contributed by atoms with E-state index >= 15 is 0 Å². The van der Waals surface area contributed by atoms with Crippen molar-refractivity contribution in [2.45, 2.75) is 13.8 Å². The zero-order chi connectivity index (χ0) is 10.6. The molecule has 1 N–H and O–H groups in total. The molecule has 0 saturated heterocycles. The van der Waals surface area contributed by atoms with E-state index in [1.165, 1.54) is 0 Å². The van der Waals surface area contributed by atoms with Gasteiger partial charge in [-0.15, -0.1) is 0 Å². The van der Waals surface area contributed by atoms with Crippen LogP contribution in [0.1, 0.15) is 25.0 Å². The van der Waals surface area contributed by atoms with Crippen LogP contribution >= 0.6 is 0 Å². The Hall–Kier alpha value is -1.82. The van der Waals surface area contributed by atoms with Gasteiger partial charge in [0.05, 0.1) is 17.3 Å². The summed E-state index contributed by atoms with van der Waals surface area (Å²) in [4.78, 5) is 0. The zero-order valence-electron chi connectivity index (χ0n) is 8.23. The highest BCUT2D eigenvalue weighted by atomic mass is 16.4. The number of hydrogen-bond donors (Lipinski definition) is 1. The second-order valence-electron chi connectivity index (χ2n) is 3.33. The summed E-state index contributed by atoms with van der Waals surface area (Å²) in [6, 6.07) is 9.03. The fraction of sp³-hybridized carbons (Fsp3) is 0.273. The predicted octanol–water partition coefficient (Wildman–Crippen LogP) is 2.39. The number of hydrogen-bond acceptors (Lipinski definition) is 3. The molecular formula is C11H12N2O. The van der Waals surface area contributed by atoms with Crippen LogP contribution in [0.3, 0.4) is 0 Å². The van der Waals surface area contributed by atoms with Gasteiger partial charge in [0.1, 0.15) is 0 Å². The topological polar surface area (TPSA) is 56.4 Å². The smallest absolute Gasteiger partial charge is 0.0991 e. The van der Waals surface area contributed by atoms with Crippen LogP contribution in [0.25, 0.3) is 0 Å². The monoisotopic (exact) mass is 188 g/mol.